The van der Waals surface area contributed by atoms with E-state index in [4.69, 9.17) is 8.83 Å². The van der Waals surface area contributed by atoms with Crippen LogP contribution < -0.4 is 4.90 Å². The molecule has 0 saturated carbocycles. The molecule has 13 aromatic rings. The van der Waals surface area contributed by atoms with Crippen LogP contribution in [0.2, 0.25) is 0 Å². The molecule has 11 aromatic carbocycles. The lowest BCUT2D eigenvalue weighted by Crippen LogP contribution is -2.24. The minimum atomic E-state index is -0.394. The second kappa shape index (κ2) is 15.8. The molecule has 0 N–H and O–H groups in total. The third-order valence-electron chi connectivity index (χ3n) is 19.7. The number of furan rings is 2. The molecule has 3 nitrogen and oxygen atoms in total. The van der Waals surface area contributed by atoms with Crippen molar-refractivity contribution in [2.24, 2.45) is 0 Å². The second-order valence-corrected chi connectivity index (χ2v) is 25.4. The minimum absolute atomic E-state index is 0.266. The molecule has 0 saturated heterocycles. The summed E-state index contributed by atoms with van der Waals surface area (Å²) >= 11 is 0. The number of hydrogen-bond acceptors (Lipinski definition) is 3. The Morgan fingerprint density at radius 3 is 1.09 bits per heavy atom. The van der Waals surface area contributed by atoms with E-state index in [9.17, 15) is 0 Å². The zero-order chi connectivity index (χ0) is 54.6. The van der Waals surface area contributed by atoms with E-state index in [0.717, 1.165) is 72.4 Å². The zero-order valence-electron chi connectivity index (χ0n) is 47.0. The predicted molar refractivity (Wildman–Crippen MR) is 337 cm³/mol. The lowest BCUT2D eigenvalue weighted by molar-refractivity contribution is 0.600. The Morgan fingerprint density at radius 2 is 0.642 bits per heavy atom. The van der Waals surface area contributed by atoms with Gasteiger partial charge in [-0.2, -0.15) is 0 Å². The summed E-state index contributed by atoms with van der Waals surface area (Å²) in [6.45, 7) is 19.6. The highest BCUT2D eigenvalue weighted by atomic mass is 16.3. The van der Waals surface area contributed by atoms with E-state index < -0.39 is 10.8 Å². The van der Waals surface area contributed by atoms with E-state index in [1.165, 1.54) is 99.8 Å². The van der Waals surface area contributed by atoms with Crippen molar-refractivity contribution in [1.29, 1.82) is 0 Å². The van der Waals surface area contributed by atoms with Crippen LogP contribution in [0.5, 0.6) is 0 Å². The summed E-state index contributed by atoms with van der Waals surface area (Å²) in [5.41, 5.74) is 31.6. The monoisotopic (exact) mass is 1040 g/mol. The van der Waals surface area contributed by atoms with Crippen LogP contribution in [0.25, 0.3) is 111 Å². The van der Waals surface area contributed by atoms with Gasteiger partial charge in [-0.25, -0.2) is 0 Å². The largest absolute Gasteiger partial charge is 0.455 e. The molecule has 0 aliphatic heterocycles. The fourth-order valence-corrected chi connectivity index (χ4v) is 16.2. The summed E-state index contributed by atoms with van der Waals surface area (Å²) in [7, 11) is 0. The van der Waals surface area contributed by atoms with E-state index in [1.807, 2.05) is 0 Å². The molecular weight excluding hydrogens is 983 g/mol. The Hall–Kier alpha value is -9.18. The Bertz CT molecular complexity index is 4620. The number of anilines is 3. The van der Waals surface area contributed by atoms with Gasteiger partial charge in [-0.1, -0.05) is 231 Å². The van der Waals surface area contributed by atoms with Gasteiger partial charge in [-0.3, -0.25) is 0 Å². The highest BCUT2D eigenvalue weighted by molar-refractivity contribution is 6.22. The molecule has 17 rings (SSSR count). The maximum atomic E-state index is 7.10. The van der Waals surface area contributed by atoms with E-state index in [1.54, 1.807) is 0 Å². The average molecular weight is 1040 g/mol. The number of rotatable bonds is 5. The fraction of sp³-hybridized carbons (Fsp3) is 0.154. The number of fused-ring (bicyclic) bond motifs is 24. The van der Waals surface area contributed by atoms with Gasteiger partial charge in [-0.15, -0.1) is 0 Å². The molecule has 3 heteroatoms. The van der Waals surface area contributed by atoms with Gasteiger partial charge in [0.1, 0.15) is 22.3 Å². The lowest BCUT2D eigenvalue weighted by atomic mass is 9.72. The van der Waals surface area contributed by atoms with Crippen LogP contribution in [0.3, 0.4) is 0 Å². The summed E-state index contributed by atoms with van der Waals surface area (Å²) < 4.78 is 14.2. The summed E-state index contributed by atoms with van der Waals surface area (Å²) in [6, 6.07) is 79.0. The number of para-hydroxylation sites is 3. The van der Waals surface area contributed by atoms with Gasteiger partial charge in [0.05, 0.1) is 5.69 Å². The standard InChI is InChI=1S/C78H59NO2/c1-75(2)56-34-19-15-28-50(56)66-70(75)68-62(64-54-30-17-21-36-60(54)80-73(64)66)52-40-38-46(42-58(52)77(68,5)6)79(72-48(44-24-11-9-12-25-44)32-23-33-49(72)45-26-13-10-14-27-45)47-39-41-53-59(43-47)78(7,8)69-63(53)65-55-31-18-22-37-61(55)81-74(65)67-51-29-16-20-35-57(51)76(3,4)71(67)69/h9-43H,1-8H3. The summed E-state index contributed by atoms with van der Waals surface area (Å²) in [5.74, 6) is 0. The SMILES string of the molecule is CC1(C)c2ccccc2-c2c1c1c(c3c2oc2ccccc23)-c2ccc(N(c3ccc4c(c3)C(C)(C)c3c5c(c6oc7ccccc7c6c3-4)-c3ccccc3C5(C)C)c3c(-c4ccccc4)cccc3-c3ccccc3)cc2C1(C)C. The second-order valence-electron chi connectivity index (χ2n) is 25.4. The molecule has 2 heterocycles. The molecule has 2 aromatic heterocycles. The van der Waals surface area contributed by atoms with Crippen molar-refractivity contribution < 1.29 is 8.83 Å². The summed E-state index contributed by atoms with van der Waals surface area (Å²) in [5, 5.41) is 4.74. The minimum Gasteiger partial charge on any atom is -0.455 e. The molecule has 4 aliphatic carbocycles. The van der Waals surface area contributed by atoms with E-state index in [-0.39, 0.29) is 10.8 Å². The van der Waals surface area contributed by atoms with Crippen molar-refractivity contribution in [3.05, 3.63) is 257 Å². The zero-order valence-corrected chi connectivity index (χ0v) is 47.0. The topological polar surface area (TPSA) is 29.5 Å². The van der Waals surface area contributed by atoms with Gasteiger partial charge in [0.2, 0.25) is 0 Å². The normalized spacial score (nSPS) is 15.8. The summed E-state index contributed by atoms with van der Waals surface area (Å²) in [4.78, 5) is 2.60. The molecule has 81 heavy (non-hydrogen) atoms. The highest BCUT2D eigenvalue weighted by Crippen LogP contribution is 2.66. The molecule has 4 aliphatic rings. The molecule has 0 bridgehead atoms. The maximum absolute atomic E-state index is 7.10. The molecule has 0 radical (unpaired) electrons. The van der Waals surface area contributed by atoms with Gasteiger partial charge in [-0.05, 0) is 125 Å². The van der Waals surface area contributed by atoms with Crippen LogP contribution in [0, 0.1) is 0 Å². The average Bonchev–Trinajstić information content (AvgIpc) is 1.72. The first kappa shape index (κ1) is 46.7. The van der Waals surface area contributed by atoms with E-state index in [2.05, 4.69) is 273 Å². The molecule has 0 fully saturated rings. The third-order valence-corrected chi connectivity index (χ3v) is 19.7. The molecule has 0 spiro atoms. The van der Waals surface area contributed by atoms with Crippen LogP contribution in [0.15, 0.2) is 221 Å². The Kier molecular flexibility index (Phi) is 9.11. The highest BCUT2D eigenvalue weighted by Gasteiger charge is 2.51. The van der Waals surface area contributed by atoms with Crippen molar-refractivity contribution in [3.8, 4) is 66.8 Å². The van der Waals surface area contributed by atoms with Crippen molar-refractivity contribution in [2.75, 3.05) is 4.90 Å². The Labute approximate surface area is 472 Å². The summed E-state index contributed by atoms with van der Waals surface area (Å²) in [6.07, 6.45) is 0. The number of hydrogen-bond donors (Lipinski definition) is 0. The van der Waals surface area contributed by atoms with Crippen LogP contribution in [-0.2, 0) is 21.7 Å². The van der Waals surface area contributed by atoms with Gasteiger partial charge in [0.15, 0.2) is 0 Å². The smallest absolute Gasteiger partial charge is 0.144 e. The van der Waals surface area contributed by atoms with Gasteiger partial charge in [0.25, 0.3) is 0 Å². The van der Waals surface area contributed by atoms with Crippen LogP contribution in [0.4, 0.5) is 17.1 Å². The van der Waals surface area contributed by atoms with Crippen LogP contribution in [-0.4, -0.2) is 0 Å². The first-order valence-corrected chi connectivity index (χ1v) is 28.8. The molecule has 0 unspecified atom stereocenters. The van der Waals surface area contributed by atoms with Gasteiger partial charge in [0, 0.05) is 76.8 Å². The quantitative estimate of drug-likeness (QED) is 0.172. The first-order valence-electron chi connectivity index (χ1n) is 28.8. The molecular formula is C78H59NO2. The number of nitrogens with zero attached hydrogens (tertiary/aromatic N) is 1. The maximum Gasteiger partial charge on any atom is 0.144 e. The van der Waals surface area contributed by atoms with Crippen molar-refractivity contribution in [3.63, 3.8) is 0 Å². The van der Waals surface area contributed by atoms with Crippen molar-refractivity contribution >= 4 is 60.9 Å². The molecule has 0 atom stereocenters. The van der Waals surface area contributed by atoms with E-state index >= 15 is 0 Å². The lowest BCUT2D eigenvalue weighted by Gasteiger charge is -2.34. The van der Waals surface area contributed by atoms with Crippen molar-refractivity contribution in [2.45, 2.75) is 77.0 Å². The molecule has 0 amide bonds. The third kappa shape index (κ3) is 5.88. The first-order chi connectivity index (χ1) is 39.3. The van der Waals surface area contributed by atoms with Crippen LogP contribution in [0.1, 0.15) is 99.9 Å². The van der Waals surface area contributed by atoms with E-state index in [0.29, 0.717) is 0 Å². The van der Waals surface area contributed by atoms with Gasteiger partial charge >= 0.3 is 0 Å². The Morgan fingerprint density at radius 1 is 0.296 bits per heavy atom. The van der Waals surface area contributed by atoms with Crippen molar-refractivity contribution in [1.82, 2.24) is 0 Å². The molecule has 388 valence electrons. The van der Waals surface area contributed by atoms with Gasteiger partial charge < -0.3 is 13.7 Å². The van der Waals surface area contributed by atoms with Crippen LogP contribution >= 0.6 is 0 Å². The number of benzene rings is 11. The fourth-order valence-electron chi connectivity index (χ4n) is 16.2. The Balaban J connectivity index is 0.955. The predicted octanol–water partition coefficient (Wildman–Crippen LogP) is 21.5.